The average molecular weight is 522 g/mol. The number of hydrogen-bond donors (Lipinski definition) is 0. The lowest BCUT2D eigenvalue weighted by molar-refractivity contribution is -0.121. The Labute approximate surface area is 197 Å². The highest BCUT2D eigenvalue weighted by Gasteiger charge is 2.17. The van der Waals surface area contributed by atoms with E-state index in [4.69, 9.17) is 4.74 Å². The van der Waals surface area contributed by atoms with Crippen molar-refractivity contribution in [3.05, 3.63) is 67.8 Å². The summed E-state index contributed by atoms with van der Waals surface area (Å²) in [5.74, 6) is -1.33. The molecular weight excluding hydrogens is 500 g/mol. The Bertz CT molecular complexity index is 1220. The average Bonchev–Trinajstić information content (AvgIpc) is 2.74. The molecule has 1 aromatic carbocycles. The number of halogens is 3. The van der Waals surface area contributed by atoms with Gasteiger partial charge in [-0.15, -0.1) is 0 Å². The molecule has 11 heteroatoms. The van der Waals surface area contributed by atoms with Crippen LogP contribution < -0.4 is 10.3 Å². The summed E-state index contributed by atoms with van der Waals surface area (Å²) in [7, 11) is 3.25. The van der Waals surface area contributed by atoms with E-state index in [1.807, 2.05) is 0 Å². The lowest BCUT2D eigenvalue weighted by Crippen LogP contribution is -2.31. The van der Waals surface area contributed by atoms with E-state index in [0.29, 0.717) is 18.8 Å². The molecule has 2 heterocycles. The van der Waals surface area contributed by atoms with Gasteiger partial charge in [-0.3, -0.25) is 19.1 Å². The molecule has 1 aliphatic rings. The number of ether oxygens (including phenoxy) is 1. The molecule has 1 aliphatic heterocycles. The molecule has 0 unspecified atom stereocenters. The van der Waals surface area contributed by atoms with Crippen LogP contribution in [0.15, 0.2) is 49.2 Å². The van der Waals surface area contributed by atoms with Crippen molar-refractivity contribution in [2.45, 2.75) is 26.5 Å². The van der Waals surface area contributed by atoms with Crippen molar-refractivity contribution in [3.8, 4) is 5.88 Å². The third-order valence-electron chi connectivity index (χ3n) is 4.80. The van der Waals surface area contributed by atoms with Gasteiger partial charge in [0.2, 0.25) is 5.88 Å². The second-order valence-corrected chi connectivity index (χ2v) is 8.27. The molecule has 174 valence electrons. The van der Waals surface area contributed by atoms with Crippen molar-refractivity contribution in [1.82, 2.24) is 14.5 Å². The van der Waals surface area contributed by atoms with Crippen LogP contribution in [0.4, 0.5) is 8.78 Å². The maximum atomic E-state index is 13.9. The van der Waals surface area contributed by atoms with Crippen LogP contribution >= 0.6 is 15.9 Å². The van der Waals surface area contributed by atoms with Gasteiger partial charge < -0.3 is 9.64 Å². The van der Waals surface area contributed by atoms with Gasteiger partial charge in [0, 0.05) is 38.5 Å². The summed E-state index contributed by atoms with van der Waals surface area (Å²) in [4.78, 5) is 39.3. The van der Waals surface area contributed by atoms with Crippen molar-refractivity contribution in [2.75, 3.05) is 20.6 Å². The van der Waals surface area contributed by atoms with E-state index < -0.39 is 17.2 Å². The summed E-state index contributed by atoms with van der Waals surface area (Å²) < 4.78 is 34.0. The molecule has 0 atom stereocenters. The minimum atomic E-state index is -0.747. The molecule has 33 heavy (non-hydrogen) atoms. The summed E-state index contributed by atoms with van der Waals surface area (Å²) in [5, 5.41) is 0. The molecule has 0 bridgehead atoms. The topological polar surface area (TPSA) is 89.1 Å². The third-order valence-corrected chi connectivity index (χ3v) is 5.48. The van der Waals surface area contributed by atoms with Crippen molar-refractivity contribution >= 4 is 33.8 Å². The standard InChI is InChI=1S/C22H22BrF2N5O3/c1-13-28-20(33-12-15-4-5-16(24)8-17(15)25)19(23)22(32)30(13)11-14-6-7-26-10-18(27-9-14)21(31)29(2)3/h4-5,8-10H,6-7,11-12H2,1-3H3/b14-9+,26-10?,27-18?. The van der Waals surface area contributed by atoms with Crippen LogP contribution in [0.2, 0.25) is 0 Å². The molecule has 0 aliphatic carbocycles. The second kappa shape index (κ2) is 10.6. The van der Waals surface area contributed by atoms with E-state index in [9.17, 15) is 18.4 Å². The van der Waals surface area contributed by atoms with Crippen LogP contribution in [-0.2, 0) is 17.9 Å². The fraction of sp³-hybridized carbons (Fsp3) is 0.318. The number of aliphatic imine (C=N–C) groups is 2. The van der Waals surface area contributed by atoms with E-state index in [1.54, 1.807) is 27.2 Å². The number of carbonyl (C=O) groups is 1. The van der Waals surface area contributed by atoms with Gasteiger partial charge in [0.15, 0.2) is 0 Å². The largest absolute Gasteiger partial charge is 0.472 e. The van der Waals surface area contributed by atoms with E-state index >= 15 is 0 Å². The predicted molar refractivity (Wildman–Crippen MR) is 124 cm³/mol. The summed E-state index contributed by atoms with van der Waals surface area (Å²) >= 11 is 3.21. The first-order valence-corrected chi connectivity index (χ1v) is 10.8. The van der Waals surface area contributed by atoms with Gasteiger partial charge >= 0.3 is 0 Å². The van der Waals surface area contributed by atoms with E-state index in [2.05, 4.69) is 30.9 Å². The Kier molecular flexibility index (Phi) is 7.85. The zero-order chi connectivity index (χ0) is 24.1. The predicted octanol–water partition coefficient (Wildman–Crippen LogP) is 3.06. The molecule has 8 nitrogen and oxygen atoms in total. The number of rotatable bonds is 6. The molecule has 2 aromatic rings. The van der Waals surface area contributed by atoms with Gasteiger partial charge in [0.05, 0.1) is 12.8 Å². The molecule has 0 fully saturated rings. The second-order valence-electron chi connectivity index (χ2n) is 7.48. The van der Waals surface area contributed by atoms with Gasteiger partial charge in [-0.2, -0.15) is 4.98 Å². The van der Waals surface area contributed by atoms with Gasteiger partial charge in [0.1, 0.15) is 34.3 Å². The summed E-state index contributed by atoms with van der Waals surface area (Å²) in [6.45, 7) is 2.07. The molecular formula is C22H22BrF2N5O3. The van der Waals surface area contributed by atoms with Crippen molar-refractivity contribution in [1.29, 1.82) is 0 Å². The minimum absolute atomic E-state index is 0.00519. The van der Waals surface area contributed by atoms with Crippen LogP contribution in [0, 0.1) is 18.6 Å². The first kappa shape index (κ1) is 24.4. The number of aromatic nitrogens is 2. The number of nitrogens with zero attached hydrogens (tertiary/aromatic N) is 5. The zero-order valence-electron chi connectivity index (χ0n) is 18.3. The lowest BCUT2D eigenvalue weighted by Gasteiger charge is -2.15. The van der Waals surface area contributed by atoms with Gasteiger partial charge in [-0.25, -0.2) is 13.8 Å². The molecule has 3 rings (SSSR count). The van der Waals surface area contributed by atoms with Crippen molar-refractivity contribution in [2.24, 2.45) is 9.98 Å². The number of carbonyl (C=O) groups excluding carboxylic acids is 1. The van der Waals surface area contributed by atoms with Crippen LogP contribution in [-0.4, -0.2) is 52.9 Å². The fourth-order valence-electron chi connectivity index (χ4n) is 2.96. The zero-order valence-corrected chi connectivity index (χ0v) is 19.9. The number of benzene rings is 1. The van der Waals surface area contributed by atoms with Crippen LogP contribution in [0.3, 0.4) is 0 Å². The van der Waals surface area contributed by atoms with Crippen molar-refractivity contribution in [3.63, 3.8) is 0 Å². The maximum absolute atomic E-state index is 13.9. The number of amides is 1. The molecule has 1 aromatic heterocycles. The molecule has 0 saturated heterocycles. The molecule has 0 spiro atoms. The highest BCUT2D eigenvalue weighted by atomic mass is 79.9. The monoisotopic (exact) mass is 521 g/mol. The van der Waals surface area contributed by atoms with Crippen LogP contribution in [0.1, 0.15) is 17.8 Å². The normalized spacial score (nSPS) is 15.2. The summed E-state index contributed by atoms with van der Waals surface area (Å²) in [5.41, 5.74) is 0.736. The molecule has 0 N–H and O–H groups in total. The SMILES string of the molecule is Cc1nc(OCc2ccc(F)cc2F)c(Br)c(=O)n1C/C1=C/N=C(C(=O)N(C)C)C=NCC1. The number of aryl methyl sites for hydroxylation is 1. The third kappa shape index (κ3) is 5.98. The quantitative estimate of drug-likeness (QED) is 0.584. The fourth-order valence-corrected chi connectivity index (χ4v) is 3.38. The van der Waals surface area contributed by atoms with E-state index in [0.717, 1.165) is 17.7 Å². The Morgan fingerprint density at radius 1 is 1.30 bits per heavy atom. The highest BCUT2D eigenvalue weighted by Crippen LogP contribution is 2.21. The maximum Gasteiger partial charge on any atom is 0.273 e. The van der Waals surface area contributed by atoms with E-state index in [1.165, 1.54) is 21.7 Å². The van der Waals surface area contributed by atoms with Crippen molar-refractivity contribution < 1.29 is 18.3 Å². The van der Waals surface area contributed by atoms with Gasteiger partial charge in [-0.05, 0) is 47.0 Å². The Morgan fingerprint density at radius 3 is 2.76 bits per heavy atom. The smallest absolute Gasteiger partial charge is 0.273 e. The molecule has 1 amide bonds. The summed E-state index contributed by atoms with van der Waals surface area (Å²) in [6, 6.07) is 3.16. The Hall–Kier alpha value is -3.21. The Morgan fingerprint density at radius 2 is 2.06 bits per heavy atom. The summed E-state index contributed by atoms with van der Waals surface area (Å²) in [6.07, 6.45) is 3.57. The van der Waals surface area contributed by atoms with Crippen LogP contribution in [0.5, 0.6) is 5.88 Å². The first-order valence-electron chi connectivity index (χ1n) is 9.98. The Balaban J connectivity index is 1.82. The van der Waals surface area contributed by atoms with E-state index in [-0.39, 0.29) is 40.7 Å². The van der Waals surface area contributed by atoms with Gasteiger partial charge in [-0.1, -0.05) is 0 Å². The molecule has 0 saturated carbocycles. The highest BCUT2D eigenvalue weighted by molar-refractivity contribution is 9.10. The molecule has 0 radical (unpaired) electrons. The lowest BCUT2D eigenvalue weighted by atomic mass is 10.2. The minimum Gasteiger partial charge on any atom is -0.472 e. The number of hydrogen-bond acceptors (Lipinski definition) is 6. The van der Waals surface area contributed by atoms with Crippen LogP contribution in [0.25, 0.3) is 0 Å². The van der Waals surface area contributed by atoms with Gasteiger partial charge in [0.25, 0.3) is 11.5 Å². The first-order chi connectivity index (χ1) is 15.7.